The summed E-state index contributed by atoms with van der Waals surface area (Å²) in [5, 5.41) is 3.38. The third-order valence-electron chi connectivity index (χ3n) is 3.19. The van der Waals surface area contributed by atoms with Crippen LogP contribution in [0.5, 0.6) is 0 Å². The van der Waals surface area contributed by atoms with Crippen LogP contribution in [-0.2, 0) is 4.74 Å². The van der Waals surface area contributed by atoms with Crippen LogP contribution in [0.4, 0.5) is 5.69 Å². The SMILES string of the molecule is COC(=O)c1cc(C)ccc1NCC1CCSC1. The van der Waals surface area contributed by atoms with Gasteiger partial charge in [0.2, 0.25) is 0 Å². The van der Waals surface area contributed by atoms with E-state index in [-0.39, 0.29) is 5.97 Å². The van der Waals surface area contributed by atoms with Crippen LogP contribution in [0.1, 0.15) is 22.3 Å². The number of hydrogen-bond donors (Lipinski definition) is 1. The standard InChI is InChI=1S/C14H19NO2S/c1-10-3-4-13(12(7-10)14(16)17-2)15-8-11-5-6-18-9-11/h3-4,7,11,15H,5-6,8-9H2,1-2H3. The summed E-state index contributed by atoms with van der Waals surface area (Å²) in [7, 11) is 1.42. The first-order valence-electron chi connectivity index (χ1n) is 6.21. The van der Waals surface area contributed by atoms with Gasteiger partial charge in [-0.3, -0.25) is 0 Å². The lowest BCUT2D eigenvalue weighted by Crippen LogP contribution is -2.16. The lowest BCUT2D eigenvalue weighted by atomic mass is 10.1. The Balaban J connectivity index is 2.08. The van der Waals surface area contributed by atoms with Crippen molar-refractivity contribution in [2.24, 2.45) is 5.92 Å². The molecule has 0 spiro atoms. The van der Waals surface area contributed by atoms with E-state index in [0.29, 0.717) is 11.5 Å². The molecule has 0 aliphatic carbocycles. The third-order valence-corrected chi connectivity index (χ3v) is 4.42. The molecular formula is C14H19NO2S. The average Bonchev–Trinajstić information content (AvgIpc) is 2.89. The highest BCUT2D eigenvalue weighted by Crippen LogP contribution is 2.25. The molecule has 1 atom stereocenters. The Hall–Kier alpha value is -1.16. The molecule has 0 radical (unpaired) electrons. The Kier molecular flexibility index (Phi) is 4.53. The minimum absolute atomic E-state index is 0.276. The highest BCUT2D eigenvalue weighted by Gasteiger charge is 2.17. The lowest BCUT2D eigenvalue weighted by Gasteiger charge is -2.14. The van der Waals surface area contributed by atoms with Crippen molar-refractivity contribution >= 4 is 23.4 Å². The van der Waals surface area contributed by atoms with Crippen LogP contribution in [-0.4, -0.2) is 31.1 Å². The quantitative estimate of drug-likeness (QED) is 0.849. The maximum Gasteiger partial charge on any atom is 0.339 e. The molecule has 1 unspecified atom stereocenters. The van der Waals surface area contributed by atoms with Gasteiger partial charge < -0.3 is 10.1 Å². The Bertz CT molecular complexity index is 428. The van der Waals surface area contributed by atoms with Crippen LogP contribution in [0.2, 0.25) is 0 Å². The van der Waals surface area contributed by atoms with Gasteiger partial charge in [-0.15, -0.1) is 0 Å². The molecule has 2 rings (SSSR count). The minimum Gasteiger partial charge on any atom is -0.465 e. The molecule has 1 aliphatic rings. The highest BCUT2D eigenvalue weighted by molar-refractivity contribution is 7.99. The van der Waals surface area contributed by atoms with Crippen molar-refractivity contribution in [3.8, 4) is 0 Å². The molecule has 1 fully saturated rings. The predicted octanol–water partition coefficient (Wildman–Crippen LogP) is 2.95. The van der Waals surface area contributed by atoms with Crippen molar-refractivity contribution in [2.45, 2.75) is 13.3 Å². The van der Waals surface area contributed by atoms with Crippen molar-refractivity contribution in [1.29, 1.82) is 0 Å². The number of hydrogen-bond acceptors (Lipinski definition) is 4. The van der Waals surface area contributed by atoms with Gasteiger partial charge in [-0.05, 0) is 42.9 Å². The van der Waals surface area contributed by atoms with Gasteiger partial charge in [0.15, 0.2) is 0 Å². The fraction of sp³-hybridized carbons (Fsp3) is 0.500. The molecule has 3 nitrogen and oxygen atoms in total. The molecule has 18 heavy (non-hydrogen) atoms. The van der Waals surface area contributed by atoms with Gasteiger partial charge in [0, 0.05) is 12.2 Å². The Morgan fingerprint density at radius 2 is 2.39 bits per heavy atom. The first kappa shape index (κ1) is 13.3. The first-order chi connectivity index (χ1) is 8.70. The maximum atomic E-state index is 11.7. The van der Waals surface area contributed by atoms with Gasteiger partial charge in [0.1, 0.15) is 0 Å². The van der Waals surface area contributed by atoms with Crippen LogP contribution in [0.25, 0.3) is 0 Å². The van der Waals surface area contributed by atoms with Crippen molar-refractivity contribution in [3.63, 3.8) is 0 Å². The van der Waals surface area contributed by atoms with Gasteiger partial charge in [0.25, 0.3) is 0 Å². The number of carbonyl (C=O) groups is 1. The number of benzene rings is 1. The molecule has 0 amide bonds. The summed E-state index contributed by atoms with van der Waals surface area (Å²) >= 11 is 2.00. The molecule has 1 aromatic rings. The number of aryl methyl sites for hydroxylation is 1. The second-order valence-electron chi connectivity index (χ2n) is 4.65. The zero-order chi connectivity index (χ0) is 13.0. The largest absolute Gasteiger partial charge is 0.465 e. The zero-order valence-corrected chi connectivity index (χ0v) is 11.7. The molecule has 0 saturated carbocycles. The molecule has 98 valence electrons. The number of carbonyl (C=O) groups excluding carboxylic acids is 1. The van der Waals surface area contributed by atoms with Gasteiger partial charge in [-0.2, -0.15) is 11.8 Å². The van der Waals surface area contributed by atoms with E-state index in [2.05, 4.69) is 5.32 Å². The second-order valence-corrected chi connectivity index (χ2v) is 5.80. The van der Waals surface area contributed by atoms with Crippen LogP contribution in [0, 0.1) is 12.8 Å². The van der Waals surface area contributed by atoms with E-state index in [4.69, 9.17) is 4.74 Å². The van der Waals surface area contributed by atoms with Gasteiger partial charge in [-0.25, -0.2) is 4.79 Å². The van der Waals surface area contributed by atoms with Crippen molar-refractivity contribution in [3.05, 3.63) is 29.3 Å². The van der Waals surface area contributed by atoms with E-state index in [1.807, 2.05) is 36.9 Å². The van der Waals surface area contributed by atoms with Crippen molar-refractivity contribution < 1.29 is 9.53 Å². The first-order valence-corrected chi connectivity index (χ1v) is 7.36. The monoisotopic (exact) mass is 265 g/mol. The van der Waals surface area contributed by atoms with Crippen LogP contribution in [0.3, 0.4) is 0 Å². The Morgan fingerprint density at radius 3 is 3.06 bits per heavy atom. The highest BCUT2D eigenvalue weighted by atomic mass is 32.2. The van der Waals surface area contributed by atoms with E-state index < -0.39 is 0 Å². The molecule has 0 bridgehead atoms. The minimum atomic E-state index is -0.276. The van der Waals surface area contributed by atoms with E-state index in [0.717, 1.165) is 17.8 Å². The lowest BCUT2D eigenvalue weighted by molar-refractivity contribution is 0.0601. The average molecular weight is 265 g/mol. The summed E-state index contributed by atoms with van der Waals surface area (Å²) in [4.78, 5) is 11.7. The number of methoxy groups -OCH3 is 1. The molecule has 1 heterocycles. The smallest absolute Gasteiger partial charge is 0.339 e. The Labute approximate surface area is 112 Å². The van der Waals surface area contributed by atoms with E-state index >= 15 is 0 Å². The fourth-order valence-corrected chi connectivity index (χ4v) is 3.37. The van der Waals surface area contributed by atoms with Crippen LogP contribution >= 0.6 is 11.8 Å². The summed E-state index contributed by atoms with van der Waals surface area (Å²) in [6.07, 6.45) is 1.26. The number of thioether (sulfide) groups is 1. The molecule has 0 aromatic heterocycles. The molecule has 1 aliphatic heterocycles. The summed E-state index contributed by atoms with van der Waals surface area (Å²) in [6.45, 7) is 2.91. The normalized spacial score (nSPS) is 18.7. The molecular weight excluding hydrogens is 246 g/mol. The van der Waals surface area contributed by atoms with E-state index in [9.17, 15) is 4.79 Å². The van der Waals surface area contributed by atoms with Gasteiger partial charge in [-0.1, -0.05) is 11.6 Å². The number of ether oxygens (including phenoxy) is 1. The number of esters is 1. The Morgan fingerprint density at radius 1 is 1.56 bits per heavy atom. The van der Waals surface area contributed by atoms with Crippen LogP contribution in [0.15, 0.2) is 18.2 Å². The number of anilines is 1. The van der Waals surface area contributed by atoms with E-state index in [1.54, 1.807) is 0 Å². The van der Waals surface area contributed by atoms with Crippen LogP contribution < -0.4 is 5.32 Å². The van der Waals surface area contributed by atoms with Gasteiger partial charge >= 0.3 is 5.97 Å². The van der Waals surface area contributed by atoms with Crippen molar-refractivity contribution in [2.75, 3.05) is 30.5 Å². The summed E-state index contributed by atoms with van der Waals surface area (Å²) in [6, 6.07) is 5.85. The molecule has 1 aromatic carbocycles. The zero-order valence-electron chi connectivity index (χ0n) is 10.9. The number of nitrogens with one attached hydrogen (secondary N) is 1. The number of rotatable bonds is 4. The molecule has 1 N–H and O–H groups in total. The summed E-state index contributed by atoms with van der Waals surface area (Å²) in [5.41, 5.74) is 2.57. The predicted molar refractivity (Wildman–Crippen MR) is 76.4 cm³/mol. The maximum absolute atomic E-state index is 11.7. The molecule has 4 heteroatoms. The van der Waals surface area contributed by atoms with Crippen molar-refractivity contribution in [1.82, 2.24) is 0 Å². The third kappa shape index (κ3) is 3.19. The summed E-state index contributed by atoms with van der Waals surface area (Å²) in [5.74, 6) is 2.90. The fourth-order valence-electron chi connectivity index (χ4n) is 2.09. The van der Waals surface area contributed by atoms with E-state index in [1.165, 1.54) is 25.0 Å². The van der Waals surface area contributed by atoms with Gasteiger partial charge in [0.05, 0.1) is 12.7 Å². The molecule has 1 saturated heterocycles. The summed E-state index contributed by atoms with van der Waals surface area (Å²) < 4.78 is 4.82. The second kappa shape index (κ2) is 6.14. The topological polar surface area (TPSA) is 38.3 Å².